The van der Waals surface area contributed by atoms with E-state index in [0.29, 0.717) is 28.2 Å². The normalized spacial score (nSPS) is 23.2. The smallest absolute Gasteiger partial charge is 0.259 e. The maximum atomic E-state index is 11.8. The molecule has 1 fully saturated rings. The van der Waals surface area contributed by atoms with Gasteiger partial charge in [0.25, 0.3) is 5.78 Å². The zero-order valence-electron chi connectivity index (χ0n) is 9.07. The number of carbonyl (C=O) groups is 1. The fourth-order valence-electron chi connectivity index (χ4n) is 1.89. The summed E-state index contributed by atoms with van der Waals surface area (Å²) in [5.74, 6) is -0.306. The Morgan fingerprint density at radius 3 is 3.18 bits per heavy atom. The van der Waals surface area contributed by atoms with Crippen molar-refractivity contribution in [1.82, 2.24) is 0 Å². The third kappa shape index (κ3) is 2.52. The lowest BCUT2D eigenvalue weighted by molar-refractivity contribution is -0.474. The Balaban J connectivity index is 2.14. The van der Waals surface area contributed by atoms with Gasteiger partial charge in [-0.25, -0.2) is 0 Å². The Hall–Kier alpha value is -1.69. The maximum Gasteiger partial charge on any atom is 0.259 e. The van der Waals surface area contributed by atoms with Crippen molar-refractivity contribution >= 4 is 29.0 Å². The van der Waals surface area contributed by atoms with E-state index >= 15 is 0 Å². The molecule has 1 aromatic rings. The first-order valence-electron chi connectivity index (χ1n) is 5.31. The average Bonchev–Trinajstić information content (AvgIpc) is 2.99. The topological polar surface area (TPSA) is 75.7 Å². The van der Waals surface area contributed by atoms with E-state index in [2.05, 4.69) is 5.16 Å². The highest BCUT2D eigenvalue weighted by molar-refractivity contribution is 7.12. The Labute approximate surface area is 102 Å². The zero-order valence-corrected chi connectivity index (χ0v) is 9.89. The van der Waals surface area contributed by atoms with Crippen LogP contribution in [-0.2, 0) is 0 Å². The summed E-state index contributed by atoms with van der Waals surface area (Å²) in [5.41, 5.74) is 0.454. The minimum Gasteiger partial charge on any atom is -0.623 e. The second-order valence-electron chi connectivity index (χ2n) is 3.83. The number of hydroxylamine groups is 1. The van der Waals surface area contributed by atoms with Gasteiger partial charge < -0.3 is 10.4 Å². The summed E-state index contributed by atoms with van der Waals surface area (Å²) in [6.45, 7) is 0. The SMILES string of the molecule is O=C(C=[N+]([O-])C1CCCC1=NO)c1cccs1. The number of ketones is 1. The molecule has 6 heteroatoms. The van der Waals surface area contributed by atoms with E-state index in [-0.39, 0.29) is 5.78 Å². The first-order valence-corrected chi connectivity index (χ1v) is 6.19. The molecule has 0 saturated heterocycles. The van der Waals surface area contributed by atoms with Gasteiger partial charge in [0.1, 0.15) is 5.71 Å². The highest BCUT2D eigenvalue weighted by atomic mass is 32.1. The molecule has 1 unspecified atom stereocenters. The molecular weight excluding hydrogens is 240 g/mol. The fraction of sp³-hybridized carbons (Fsp3) is 0.364. The number of hydrogen-bond donors (Lipinski definition) is 1. The minimum absolute atomic E-state index is 0.306. The Kier molecular flexibility index (Phi) is 3.53. The molecule has 0 bridgehead atoms. The van der Waals surface area contributed by atoms with Gasteiger partial charge in [-0.15, -0.1) is 11.3 Å². The summed E-state index contributed by atoms with van der Waals surface area (Å²) in [6.07, 6.45) is 3.08. The maximum absolute atomic E-state index is 11.8. The van der Waals surface area contributed by atoms with Gasteiger partial charge in [0, 0.05) is 6.42 Å². The third-order valence-corrected chi connectivity index (χ3v) is 3.62. The number of thiophene rings is 1. The number of carbonyl (C=O) groups excluding carboxylic acids is 1. The van der Waals surface area contributed by atoms with Crippen LogP contribution < -0.4 is 0 Å². The number of hydrogen-bond acceptors (Lipinski definition) is 5. The van der Waals surface area contributed by atoms with Gasteiger partial charge >= 0.3 is 0 Å². The van der Waals surface area contributed by atoms with Crippen molar-refractivity contribution in [2.45, 2.75) is 25.3 Å². The molecule has 1 saturated carbocycles. The minimum atomic E-state index is -0.496. The molecule has 90 valence electrons. The van der Waals surface area contributed by atoms with Crippen molar-refractivity contribution in [2.24, 2.45) is 5.16 Å². The van der Waals surface area contributed by atoms with Gasteiger partial charge in [0.15, 0.2) is 0 Å². The fourth-order valence-corrected chi connectivity index (χ4v) is 2.52. The van der Waals surface area contributed by atoms with E-state index in [4.69, 9.17) is 5.21 Å². The molecule has 1 N–H and O–H groups in total. The molecule has 0 spiro atoms. The van der Waals surface area contributed by atoms with Gasteiger partial charge in [-0.2, -0.15) is 4.74 Å². The molecule has 1 aromatic heterocycles. The molecule has 1 atom stereocenters. The monoisotopic (exact) mass is 252 g/mol. The molecule has 0 radical (unpaired) electrons. The largest absolute Gasteiger partial charge is 0.623 e. The Morgan fingerprint density at radius 1 is 1.71 bits per heavy atom. The predicted octanol–water partition coefficient (Wildman–Crippen LogP) is 1.89. The van der Waals surface area contributed by atoms with Gasteiger partial charge in [0.2, 0.25) is 12.3 Å². The van der Waals surface area contributed by atoms with Crippen LogP contribution >= 0.6 is 11.3 Å². The lowest BCUT2D eigenvalue weighted by Gasteiger charge is -2.10. The van der Waals surface area contributed by atoms with Crippen LogP contribution in [0.1, 0.15) is 28.9 Å². The predicted molar refractivity (Wildman–Crippen MR) is 65.2 cm³/mol. The summed E-state index contributed by atoms with van der Waals surface area (Å²) in [4.78, 5) is 12.2. The number of Topliss-reactive ketones (excluding diaryl/α,β-unsaturated/α-hetero) is 1. The molecule has 0 aromatic carbocycles. The molecular formula is C11H12N2O3S. The van der Waals surface area contributed by atoms with Crippen LogP contribution in [0.15, 0.2) is 22.7 Å². The third-order valence-electron chi connectivity index (χ3n) is 2.74. The summed E-state index contributed by atoms with van der Waals surface area (Å²) in [5, 5.41) is 25.4. The van der Waals surface area contributed by atoms with E-state index in [1.807, 2.05) is 0 Å². The quantitative estimate of drug-likeness (QED) is 0.223. The summed E-state index contributed by atoms with van der Waals surface area (Å²) in [7, 11) is 0. The molecule has 2 rings (SSSR count). The average molecular weight is 252 g/mol. The second kappa shape index (κ2) is 5.09. The summed E-state index contributed by atoms with van der Waals surface area (Å²) in [6, 6.07) is 2.94. The van der Waals surface area contributed by atoms with Gasteiger partial charge in [-0.3, -0.25) is 4.79 Å². The van der Waals surface area contributed by atoms with Gasteiger partial charge in [0.05, 0.1) is 4.88 Å². The summed E-state index contributed by atoms with van der Waals surface area (Å²) >= 11 is 1.30. The van der Waals surface area contributed by atoms with E-state index < -0.39 is 6.04 Å². The van der Waals surface area contributed by atoms with Crippen molar-refractivity contribution in [3.8, 4) is 0 Å². The van der Waals surface area contributed by atoms with Crippen LogP contribution in [0.4, 0.5) is 0 Å². The van der Waals surface area contributed by atoms with Crippen molar-refractivity contribution in [1.29, 1.82) is 0 Å². The molecule has 1 aliphatic rings. The highest BCUT2D eigenvalue weighted by Gasteiger charge is 2.30. The highest BCUT2D eigenvalue weighted by Crippen LogP contribution is 2.18. The van der Waals surface area contributed by atoms with Crippen molar-refractivity contribution in [3.63, 3.8) is 0 Å². The zero-order chi connectivity index (χ0) is 12.3. The Morgan fingerprint density at radius 2 is 2.53 bits per heavy atom. The van der Waals surface area contributed by atoms with Crippen LogP contribution in [-0.4, -0.2) is 33.7 Å². The molecule has 5 nitrogen and oxygen atoms in total. The van der Waals surface area contributed by atoms with Crippen molar-refractivity contribution in [2.75, 3.05) is 0 Å². The molecule has 0 amide bonds. The van der Waals surface area contributed by atoms with E-state index in [0.717, 1.165) is 12.6 Å². The number of oxime groups is 1. The number of nitrogens with zero attached hydrogens (tertiary/aromatic N) is 2. The van der Waals surface area contributed by atoms with Gasteiger partial charge in [-0.1, -0.05) is 11.2 Å². The van der Waals surface area contributed by atoms with E-state index in [1.54, 1.807) is 17.5 Å². The van der Waals surface area contributed by atoms with Gasteiger partial charge in [-0.05, 0) is 24.3 Å². The van der Waals surface area contributed by atoms with Crippen LogP contribution in [0, 0.1) is 5.21 Å². The lowest BCUT2D eigenvalue weighted by Crippen LogP contribution is -2.28. The van der Waals surface area contributed by atoms with Crippen LogP contribution in [0.2, 0.25) is 0 Å². The van der Waals surface area contributed by atoms with Crippen LogP contribution in [0.3, 0.4) is 0 Å². The van der Waals surface area contributed by atoms with E-state index in [9.17, 15) is 10.0 Å². The van der Waals surface area contributed by atoms with E-state index in [1.165, 1.54) is 11.3 Å². The van der Waals surface area contributed by atoms with Crippen molar-refractivity contribution in [3.05, 3.63) is 27.6 Å². The first kappa shape index (κ1) is 11.8. The van der Waals surface area contributed by atoms with Crippen LogP contribution in [0.5, 0.6) is 0 Å². The lowest BCUT2D eigenvalue weighted by atomic mass is 10.2. The number of rotatable bonds is 3. The van der Waals surface area contributed by atoms with Crippen LogP contribution in [0.25, 0.3) is 0 Å². The first-order chi connectivity index (χ1) is 8.22. The molecule has 0 aliphatic heterocycles. The second-order valence-corrected chi connectivity index (χ2v) is 4.78. The van der Waals surface area contributed by atoms with Crippen molar-refractivity contribution < 1.29 is 14.7 Å². The summed E-state index contributed by atoms with van der Waals surface area (Å²) < 4.78 is 0.601. The molecule has 1 aliphatic carbocycles. The standard InChI is InChI=1S/C11H12N2O3S/c14-10(11-5-2-6-17-11)7-13(16)9-4-1-3-8(9)12-15/h2,5-7,9,15H,1,3-4H2. The molecule has 17 heavy (non-hydrogen) atoms. The molecule has 1 heterocycles. The Bertz CT molecular complexity index is 465.